The van der Waals surface area contributed by atoms with Crippen LogP contribution in [0.3, 0.4) is 0 Å². The van der Waals surface area contributed by atoms with E-state index in [4.69, 9.17) is 5.21 Å². The molecule has 0 aliphatic heterocycles. The summed E-state index contributed by atoms with van der Waals surface area (Å²) in [6, 6.07) is 4.02. The molecule has 1 heterocycles. The Balaban J connectivity index is 2.67. The van der Waals surface area contributed by atoms with E-state index in [1.54, 1.807) is 11.3 Å². The second kappa shape index (κ2) is 4.82. The largest absolute Gasteiger partial charge is 0.411 e. The van der Waals surface area contributed by atoms with E-state index in [9.17, 15) is 0 Å². The lowest BCUT2D eigenvalue weighted by molar-refractivity contribution is 0.316. The highest BCUT2D eigenvalue weighted by Gasteiger charge is 2.00. The zero-order valence-electron chi connectivity index (χ0n) is 7.77. The van der Waals surface area contributed by atoms with E-state index < -0.39 is 0 Å². The third-order valence-corrected chi connectivity index (χ3v) is 2.51. The summed E-state index contributed by atoms with van der Waals surface area (Å²) in [6.07, 6.45) is 3.80. The maximum absolute atomic E-state index is 8.67. The van der Waals surface area contributed by atoms with Crippen molar-refractivity contribution in [2.45, 2.75) is 13.8 Å². The van der Waals surface area contributed by atoms with E-state index in [1.165, 1.54) is 4.88 Å². The van der Waals surface area contributed by atoms with E-state index in [1.807, 2.05) is 43.5 Å². The molecular formula is C10H13NOS. The Kier molecular flexibility index (Phi) is 3.71. The number of nitrogens with zero attached hydrogens (tertiary/aromatic N) is 1. The van der Waals surface area contributed by atoms with Crippen LogP contribution in [0.1, 0.15) is 18.7 Å². The minimum Gasteiger partial charge on any atom is -0.411 e. The van der Waals surface area contributed by atoms with Gasteiger partial charge in [0.15, 0.2) is 0 Å². The van der Waals surface area contributed by atoms with E-state index in [-0.39, 0.29) is 5.92 Å². The quantitative estimate of drug-likeness (QED) is 0.448. The second-order valence-electron chi connectivity index (χ2n) is 3.03. The number of allylic oxidation sites excluding steroid dienone is 1. The molecule has 0 aliphatic carbocycles. The van der Waals surface area contributed by atoms with Gasteiger partial charge in [-0.25, -0.2) is 0 Å². The smallest absolute Gasteiger partial charge is 0.0821 e. The molecule has 0 saturated carbocycles. The molecule has 1 N–H and O–H groups in total. The van der Waals surface area contributed by atoms with E-state index in [2.05, 4.69) is 5.16 Å². The van der Waals surface area contributed by atoms with Crippen molar-refractivity contribution in [3.63, 3.8) is 0 Å². The molecule has 0 atom stereocenters. The standard InChI is InChI=1S/C10H13NOS/c1-8(2)10(11-12)6-5-9-4-3-7-13-9/h3-8,12H,1-2H3/b6-5+,11-10+. The zero-order valence-corrected chi connectivity index (χ0v) is 8.58. The van der Waals surface area contributed by atoms with Crippen molar-refractivity contribution in [1.29, 1.82) is 0 Å². The first-order valence-corrected chi connectivity index (χ1v) is 5.05. The van der Waals surface area contributed by atoms with Gasteiger partial charge in [0.1, 0.15) is 0 Å². The number of hydrogen-bond acceptors (Lipinski definition) is 3. The molecule has 1 aromatic rings. The van der Waals surface area contributed by atoms with Gasteiger partial charge in [-0.2, -0.15) is 0 Å². The Labute approximate surface area is 82.2 Å². The summed E-state index contributed by atoms with van der Waals surface area (Å²) in [5.41, 5.74) is 0.702. The SMILES string of the molecule is CC(C)C(/C=C/c1cccs1)=N/O. The summed E-state index contributed by atoms with van der Waals surface area (Å²) >= 11 is 1.66. The summed E-state index contributed by atoms with van der Waals surface area (Å²) in [6.45, 7) is 3.99. The van der Waals surface area contributed by atoms with E-state index in [0.29, 0.717) is 5.71 Å². The summed E-state index contributed by atoms with van der Waals surface area (Å²) in [7, 11) is 0. The number of thiophene rings is 1. The fraction of sp³-hybridized carbons (Fsp3) is 0.300. The number of oxime groups is 1. The Morgan fingerprint density at radius 3 is 2.85 bits per heavy atom. The highest BCUT2D eigenvalue weighted by atomic mass is 32.1. The average Bonchev–Trinajstić information content (AvgIpc) is 2.57. The normalized spacial score (nSPS) is 13.0. The zero-order chi connectivity index (χ0) is 9.68. The van der Waals surface area contributed by atoms with Gasteiger partial charge in [0.25, 0.3) is 0 Å². The molecule has 1 rings (SSSR count). The summed E-state index contributed by atoms with van der Waals surface area (Å²) < 4.78 is 0. The van der Waals surface area contributed by atoms with Crippen molar-refractivity contribution in [2.24, 2.45) is 11.1 Å². The Morgan fingerprint density at radius 1 is 1.62 bits per heavy atom. The van der Waals surface area contributed by atoms with Crippen molar-refractivity contribution in [2.75, 3.05) is 0 Å². The fourth-order valence-corrected chi connectivity index (χ4v) is 1.51. The molecule has 70 valence electrons. The van der Waals surface area contributed by atoms with Gasteiger partial charge in [-0.05, 0) is 29.5 Å². The Bertz CT molecular complexity index is 299. The van der Waals surface area contributed by atoms with Gasteiger partial charge >= 0.3 is 0 Å². The molecule has 3 heteroatoms. The number of rotatable bonds is 3. The van der Waals surface area contributed by atoms with Crippen LogP contribution in [0, 0.1) is 5.92 Å². The summed E-state index contributed by atoms with van der Waals surface area (Å²) in [4.78, 5) is 1.17. The Hall–Kier alpha value is -1.09. The molecule has 0 aromatic carbocycles. The van der Waals surface area contributed by atoms with Crippen LogP contribution in [-0.2, 0) is 0 Å². The highest BCUT2D eigenvalue weighted by Crippen LogP contribution is 2.11. The van der Waals surface area contributed by atoms with Crippen LogP contribution >= 0.6 is 11.3 Å². The first-order valence-electron chi connectivity index (χ1n) is 4.17. The minimum atomic E-state index is 0.251. The van der Waals surface area contributed by atoms with E-state index >= 15 is 0 Å². The molecule has 2 nitrogen and oxygen atoms in total. The molecule has 0 saturated heterocycles. The monoisotopic (exact) mass is 195 g/mol. The molecule has 1 aromatic heterocycles. The predicted octanol–water partition coefficient (Wildman–Crippen LogP) is 3.25. The van der Waals surface area contributed by atoms with Crippen LogP contribution < -0.4 is 0 Å². The molecule has 0 unspecified atom stereocenters. The summed E-state index contributed by atoms with van der Waals surface area (Å²) in [5.74, 6) is 0.251. The molecule has 13 heavy (non-hydrogen) atoms. The first-order chi connectivity index (χ1) is 6.24. The molecular weight excluding hydrogens is 182 g/mol. The van der Waals surface area contributed by atoms with Crippen LogP contribution in [-0.4, -0.2) is 10.9 Å². The summed E-state index contributed by atoms with van der Waals surface area (Å²) in [5, 5.41) is 13.9. The third kappa shape index (κ3) is 3.03. The lowest BCUT2D eigenvalue weighted by Gasteiger charge is -2.00. The van der Waals surface area contributed by atoms with Crippen LogP contribution in [0.5, 0.6) is 0 Å². The Morgan fingerprint density at radius 2 is 2.38 bits per heavy atom. The fourth-order valence-electron chi connectivity index (χ4n) is 0.895. The molecule has 0 bridgehead atoms. The lowest BCUT2D eigenvalue weighted by Crippen LogP contribution is -2.02. The molecule has 0 aliphatic rings. The van der Waals surface area contributed by atoms with Gasteiger partial charge in [0.05, 0.1) is 5.71 Å². The first kappa shape index (κ1) is 9.99. The predicted molar refractivity (Wildman–Crippen MR) is 57.4 cm³/mol. The lowest BCUT2D eigenvalue weighted by atomic mass is 10.1. The molecule has 0 amide bonds. The van der Waals surface area contributed by atoms with Crippen molar-refractivity contribution in [3.05, 3.63) is 28.5 Å². The maximum Gasteiger partial charge on any atom is 0.0821 e. The van der Waals surface area contributed by atoms with Gasteiger partial charge < -0.3 is 5.21 Å². The van der Waals surface area contributed by atoms with Crippen molar-refractivity contribution >= 4 is 23.1 Å². The molecule has 0 spiro atoms. The topological polar surface area (TPSA) is 32.6 Å². The van der Waals surface area contributed by atoms with Gasteiger partial charge in [0, 0.05) is 4.88 Å². The second-order valence-corrected chi connectivity index (χ2v) is 4.01. The van der Waals surface area contributed by atoms with Gasteiger partial charge in [0.2, 0.25) is 0 Å². The van der Waals surface area contributed by atoms with Gasteiger partial charge in [-0.3, -0.25) is 0 Å². The minimum absolute atomic E-state index is 0.251. The van der Waals surface area contributed by atoms with Gasteiger partial charge in [-0.15, -0.1) is 11.3 Å². The van der Waals surface area contributed by atoms with Crippen LogP contribution in [0.4, 0.5) is 0 Å². The van der Waals surface area contributed by atoms with Crippen LogP contribution in [0.15, 0.2) is 28.7 Å². The highest BCUT2D eigenvalue weighted by molar-refractivity contribution is 7.10. The number of hydrogen-bond donors (Lipinski definition) is 1. The van der Waals surface area contributed by atoms with Crippen LogP contribution in [0.25, 0.3) is 6.08 Å². The molecule has 0 radical (unpaired) electrons. The van der Waals surface area contributed by atoms with Crippen molar-refractivity contribution in [1.82, 2.24) is 0 Å². The van der Waals surface area contributed by atoms with Gasteiger partial charge in [-0.1, -0.05) is 25.1 Å². The van der Waals surface area contributed by atoms with E-state index in [0.717, 1.165) is 0 Å². The van der Waals surface area contributed by atoms with Crippen molar-refractivity contribution < 1.29 is 5.21 Å². The van der Waals surface area contributed by atoms with Crippen molar-refractivity contribution in [3.8, 4) is 0 Å². The van der Waals surface area contributed by atoms with Crippen LogP contribution in [0.2, 0.25) is 0 Å². The maximum atomic E-state index is 8.67. The molecule has 0 fully saturated rings. The third-order valence-electron chi connectivity index (χ3n) is 1.67. The average molecular weight is 195 g/mol.